The van der Waals surface area contributed by atoms with E-state index >= 15 is 0 Å². The molecule has 2 N–H and O–H groups in total. The number of carbonyl (C=O) groups is 2. The Kier molecular flexibility index (Phi) is 7.17. The second kappa shape index (κ2) is 10.4. The maximum absolute atomic E-state index is 12.6. The van der Waals surface area contributed by atoms with Gasteiger partial charge in [-0.15, -0.1) is 0 Å². The standard InChI is InChI=1S/C24H29N3O4/c28-23(26-19-9-13-30-14-10-19)16-22-24(29)25-11-12-27(22)17-18-5-4-8-21(15-18)31-20-6-2-1-3-7-20/h1-8,15,19,22H,9-14,16-17H2,(H,25,29)(H,26,28). The van der Waals surface area contributed by atoms with Crippen LogP contribution in [0.4, 0.5) is 0 Å². The molecule has 2 aromatic rings. The third-order valence-corrected chi connectivity index (χ3v) is 5.67. The fourth-order valence-corrected chi connectivity index (χ4v) is 4.04. The van der Waals surface area contributed by atoms with Gasteiger partial charge in [0, 0.05) is 38.9 Å². The van der Waals surface area contributed by atoms with Crippen molar-refractivity contribution in [2.45, 2.75) is 37.9 Å². The van der Waals surface area contributed by atoms with Crippen molar-refractivity contribution in [2.24, 2.45) is 0 Å². The molecule has 2 heterocycles. The van der Waals surface area contributed by atoms with Crippen molar-refractivity contribution in [1.29, 1.82) is 0 Å². The zero-order valence-electron chi connectivity index (χ0n) is 17.6. The quantitative estimate of drug-likeness (QED) is 0.715. The fraction of sp³-hybridized carbons (Fsp3) is 0.417. The number of benzene rings is 2. The number of hydrogen-bond donors (Lipinski definition) is 2. The average molecular weight is 424 g/mol. The van der Waals surface area contributed by atoms with Crippen LogP contribution in [0.25, 0.3) is 0 Å². The van der Waals surface area contributed by atoms with Crippen LogP contribution < -0.4 is 15.4 Å². The van der Waals surface area contributed by atoms with Crippen molar-refractivity contribution in [3.63, 3.8) is 0 Å². The summed E-state index contributed by atoms with van der Waals surface area (Å²) in [7, 11) is 0. The predicted molar refractivity (Wildman–Crippen MR) is 117 cm³/mol. The van der Waals surface area contributed by atoms with E-state index < -0.39 is 6.04 Å². The summed E-state index contributed by atoms with van der Waals surface area (Å²) in [6.07, 6.45) is 1.80. The first kappa shape index (κ1) is 21.3. The summed E-state index contributed by atoms with van der Waals surface area (Å²) in [6, 6.07) is 17.2. The van der Waals surface area contributed by atoms with Gasteiger partial charge < -0.3 is 20.1 Å². The summed E-state index contributed by atoms with van der Waals surface area (Å²) in [5.74, 6) is 1.35. The number of rotatable bonds is 7. The molecule has 0 aliphatic carbocycles. The van der Waals surface area contributed by atoms with E-state index in [0.717, 1.165) is 29.9 Å². The summed E-state index contributed by atoms with van der Waals surface area (Å²) in [6.45, 7) is 3.20. The smallest absolute Gasteiger partial charge is 0.237 e. The minimum Gasteiger partial charge on any atom is -0.457 e. The van der Waals surface area contributed by atoms with Gasteiger partial charge in [-0.2, -0.15) is 0 Å². The molecule has 0 saturated carbocycles. The molecular formula is C24H29N3O4. The monoisotopic (exact) mass is 423 g/mol. The molecule has 7 nitrogen and oxygen atoms in total. The van der Waals surface area contributed by atoms with Gasteiger partial charge in [0.2, 0.25) is 11.8 Å². The van der Waals surface area contributed by atoms with Crippen LogP contribution in [0, 0.1) is 0 Å². The van der Waals surface area contributed by atoms with Gasteiger partial charge in [0.15, 0.2) is 0 Å². The van der Waals surface area contributed by atoms with Crippen molar-refractivity contribution >= 4 is 11.8 Å². The number of nitrogens with zero attached hydrogens (tertiary/aromatic N) is 1. The van der Waals surface area contributed by atoms with E-state index in [9.17, 15) is 9.59 Å². The van der Waals surface area contributed by atoms with Crippen molar-refractivity contribution in [3.05, 3.63) is 60.2 Å². The third kappa shape index (κ3) is 6.06. The number of carbonyl (C=O) groups excluding carboxylic acids is 2. The Labute approximate surface area is 182 Å². The Bertz CT molecular complexity index is 883. The van der Waals surface area contributed by atoms with Crippen LogP contribution in [0.5, 0.6) is 11.5 Å². The molecule has 31 heavy (non-hydrogen) atoms. The van der Waals surface area contributed by atoms with Gasteiger partial charge in [-0.25, -0.2) is 0 Å². The van der Waals surface area contributed by atoms with Crippen molar-refractivity contribution < 1.29 is 19.1 Å². The minimum absolute atomic E-state index is 0.0832. The Morgan fingerprint density at radius 1 is 1.10 bits per heavy atom. The molecule has 0 bridgehead atoms. The summed E-state index contributed by atoms with van der Waals surface area (Å²) >= 11 is 0. The normalized spacial score (nSPS) is 20.1. The lowest BCUT2D eigenvalue weighted by molar-refractivity contribution is -0.134. The Balaban J connectivity index is 1.39. The maximum Gasteiger partial charge on any atom is 0.237 e. The van der Waals surface area contributed by atoms with E-state index in [0.29, 0.717) is 32.8 Å². The van der Waals surface area contributed by atoms with Crippen LogP contribution in [-0.4, -0.2) is 55.1 Å². The molecule has 0 radical (unpaired) electrons. The predicted octanol–water partition coefficient (Wildman–Crippen LogP) is 2.46. The van der Waals surface area contributed by atoms with E-state index in [2.05, 4.69) is 15.5 Å². The second-order valence-electron chi connectivity index (χ2n) is 8.00. The number of piperazine rings is 1. The summed E-state index contributed by atoms with van der Waals surface area (Å²) in [5, 5.41) is 5.96. The lowest BCUT2D eigenvalue weighted by Gasteiger charge is -2.35. The van der Waals surface area contributed by atoms with Crippen LogP contribution in [0.1, 0.15) is 24.8 Å². The van der Waals surface area contributed by atoms with Gasteiger partial charge in [0.25, 0.3) is 0 Å². The average Bonchev–Trinajstić information content (AvgIpc) is 2.78. The molecule has 7 heteroatoms. The molecule has 164 valence electrons. The number of nitrogens with one attached hydrogen (secondary N) is 2. The highest BCUT2D eigenvalue weighted by Gasteiger charge is 2.32. The molecule has 2 aliphatic heterocycles. The molecular weight excluding hydrogens is 394 g/mol. The maximum atomic E-state index is 12.6. The number of ether oxygens (including phenoxy) is 2. The zero-order valence-corrected chi connectivity index (χ0v) is 17.6. The minimum atomic E-state index is -0.479. The van der Waals surface area contributed by atoms with E-state index in [1.54, 1.807) is 0 Å². The van der Waals surface area contributed by atoms with Gasteiger partial charge >= 0.3 is 0 Å². The topological polar surface area (TPSA) is 79.9 Å². The molecule has 4 rings (SSSR count). The van der Waals surface area contributed by atoms with E-state index in [4.69, 9.17) is 9.47 Å². The molecule has 0 aromatic heterocycles. The number of para-hydroxylation sites is 1. The molecule has 2 fully saturated rings. The highest BCUT2D eigenvalue weighted by atomic mass is 16.5. The van der Waals surface area contributed by atoms with Crippen LogP contribution in [0.2, 0.25) is 0 Å². The van der Waals surface area contributed by atoms with E-state index in [-0.39, 0.29) is 24.3 Å². The summed E-state index contributed by atoms with van der Waals surface area (Å²) in [4.78, 5) is 27.2. The van der Waals surface area contributed by atoms with Crippen molar-refractivity contribution in [1.82, 2.24) is 15.5 Å². The highest BCUT2D eigenvalue weighted by molar-refractivity contribution is 5.88. The highest BCUT2D eigenvalue weighted by Crippen LogP contribution is 2.23. The fourth-order valence-electron chi connectivity index (χ4n) is 4.04. The van der Waals surface area contributed by atoms with Crippen LogP contribution in [0.3, 0.4) is 0 Å². The van der Waals surface area contributed by atoms with Gasteiger partial charge in [0.05, 0.1) is 12.5 Å². The lowest BCUT2D eigenvalue weighted by Crippen LogP contribution is -2.56. The third-order valence-electron chi connectivity index (χ3n) is 5.67. The molecule has 0 spiro atoms. The van der Waals surface area contributed by atoms with Gasteiger partial charge in [-0.3, -0.25) is 14.5 Å². The van der Waals surface area contributed by atoms with Gasteiger partial charge in [0.1, 0.15) is 11.5 Å². The van der Waals surface area contributed by atoms with Gasteiger partial charge in [-0.1, -0.05) is 30.3 Å². The van der Waals surface area contributed by atoms with Crippen LogP contribution in [-0.2, 0) is 20.9 Å². The number of amides is 2. The number of hydrogen-bond acceptors (Lipinski definition) is 5. The molecule has 2 saturated heterocycles. The Morgan fingerprint density at radius 2 is 1.87 bits per heavy atom. The molecule has 1 unspecified atom stereocenters. The van der Waals surface area contributed by atoms with Crippen molar-refractivity contribution in [3.8, 4) is 11.5 Å². The Morgan fingerprint density at radius 3 is 2.68 bits per heavy atom. The second-order valence-corrected chi connectivity index (χ2v) is 8.00. The molecule has 2 amide bonds. The SMILES string of the molecule is O=C(CC1C(=O)NCCN1Cc1cccc(Oc2ccccc2)c1)NC1CCOCC1. The van der Waals surface area contributed by atoms with E-state index in [1.807, 2.05) is 54.6 Å². The van der Waals surface area contributed by atoms with Crippen LogP contribution in [0.15, 0.2) is 54.6 Å². The largest absolute Gasteiger partial charge is 0.457 e. The lowest BCUT2D eigenvalue weighted by atomic mass is 10.0. The first-order chi connectivity index (χ1) is 15.2. The molecule has 2 aliphatic rings. The summed E-state index contributed by atoms with van der Waals surface area (Å²) < 4.78 is 11.3. The van der Waals surface area contributed by atoms with E-state index in [1.165, 1.54) is 0 Å². The van der Waals surface area contributed by atoms with Gasteiger partial charge in [-0.05, 0) is 42.7 Å². The first-order valence-electron chi connectivity index (χ1n) is 10.9. The zero-order chi connectivity index (χ0) is 21.5. The summed E-state index contributed by atoms with van der Waals surface area (Å²) in [5.41, 5.74) is 1.04. The first-order valence-corrected chi connectivity index (χ1v) is 10.9. The van der Waals surface area contributed by atoms with Crippen LogP contribution >= 0.6 is 0 Å². The molecule has 2 aromatic carbocycles. The molecule has 1 atom stereocenters. The van der Waals surface area contributed by atoms with Crippen molar-refractivity contribution in [2.75, 3.05) is 26.3 Å². The Hall–Kier alpha value is -2.90.